The van der Waals surface area contributed by atoms with Gasteiger partial charge in [-0.25, -0.2) is 4.98 Å². The van der Waals surface area contributed by atoms with Crippen molar-refractivity contribution in [2.24, 2.45) is 5.92 Å². The highest BCUT2D eigenvalue weighted by molar-refractivity contribution is 5.94. The minimum Gasteiger partial charge on any atom is -0.381 e. The first kappa shape index (κ1) is 13.8. The summed E-state index contributed by atoms with van der Waals surface area (Å²) in [5.74, 6) is 0.849. The summed E-state index contributed by atoms with van der Waals surface area (Å²) in [6, 6.07) is 11.1. The molecule has 3 heteroatoms. The number of hydrogen-bond donors (Lipinski definition) is 2. The van der Waals surface area contributed by atoms with Crippen molar-refractivity contribution in [1.82, 2.24) is 15.3 Å². The number of nitrogens with one attached hydrogen (secondary N) is 2. The largest absolute Gasteiger partial charge is 0.381 e. The summed E-state index contributed by atoms with van der Waals surface area (Å²) < 4.78 is 0. The maximum atomic E-state index is 4.85. The quantitative estimate of drug-likeness (QED) is 0.739. The van der Waals surface area contributed by atoms with E-state index in [1.165, 1.54) is 52.6 Å². The van der Waals surface area contributed by atoms with Crippen LogP contribution in [0.25, 0.3) is 27.9 Å². The molecule has 24 heavy (non-hydrogen) atoms. The Bertz CT molecular complexity index is 947. The molecule has 0 radical (unpaired) electrons. The number of hydrogen-bond acceptors (Lipinski definition) is 2. The summed E-state index contributed by atoms with van der Waals surface area (Å²) in [7, 11) is 0. The van der Waals surface area contributed by atoms with E-state index in [2.05, 4.69) is 53.4 Å². The van der Waals surface area contributed by atoms with Gasteiger partial charge in [-0.05, 0) is 41.7 Å². The molecule has 0 saturated heterocycles. The van der Waals surface area contributed by atoms with Gasteiger partial charge in [0.1, 0.15) is 5.65 Å². The number of rotatable bonds is 3. The average molecular weight is 315 g/mol. The number of nitrogens with zero attached hydrogens (tertiary/aromatic N) is 1. The maximum absolute atomic E-state index is 4.85. The molecule has 1 saturated carbocycles. The molecule has 3 aromatic rings. The van der Waals surface area contributed by atoms with E-state index in [-0.39, 0.29) is 0 Å². The molecule has 3 nitrogen and oxygen atoms in total. The van der Waals surface area contributed by atoms with Crippen LogP contribution in [0, 0.1) is 5.92 Å². The van der Waals surface area contributed by atoms with E-state index >= 15 is 0 Å². The summed E-state index contributed by atoms with van der Waals surface area (Å²) in [6.07, 6.45) is 7.33. The van der Waals surface area contributed by atoms with E-state index in [0.29, 0.717) is 0 Å². The van der Waals surface area contributed by atoms with Gasteiger partial charge in [-0.1, -0.05) is 38.0 Å². The van der Waals surface area contributed by atoms with Crippen molar-refractivity contribution >= 4 is 16.7 Å². The van der Waals surface area contributed by atoms with Crippen LogP contribution < -0.4 is 5.32 Å². The maximum Gasteiger partial charge on any atom is 0.138 e. The molecule has 0 atom stereocenters. The third-order valence-electron chi connectivity index (χ3n) is 5.55. The van der Waals surface area contributed by atoms with Gasteiger partial charge in [0.2, 0.25) is 0 Å². The third kappa shape index (κ3) is 2.15. The number of aromatic amines is 1. The Balaban J connectivity index is 1.52. The number of H-pyrrole nitrogens is 1. The van der Waals surface area contributed by atoms with E-state index in [0.717, 1.165) is 30.2 Å². The number of aromatic nitrogens is 2. The predicted octanol–water partition coefficient (Wildman–Crippen LogP) is 4.65. The van der Waals surface area contributed by atoms with Gasteiger partial charge in [0.05, 0.1) is 0 Å². The highest BCUT2D eigenvalue weighted by Crippen LogP contribution is 2.33. The van der Waals surface area contributed by atoms with Crippen LogP contribution in [-0.2, 0) is 13.0 Å². The molecule has 0 amide bonds. The molecule has 1 aromatic carbocycles. The van der Waals surface area contributed by atoms with Gasteiger partial charge in [-0.3, -0.25) is 0 Å². The molecular formula is C21H21N3. The first-order valence-corrected chi connectivity index (χ1v) is 8.81. The average Bonchev–Trinajstić information content (AvgIpc) is 3.14. The van der Waals surface area contributed by atoms with Crippen LogP contribution in [-0.4, -0.2) is 9.97 Å². The van der Waals surface area contributed by atoms with Crippen LogP contribution >= 0.6 is 0 Å². The lowest BCUT2D eigenvalue weighted by Gasteiger charge is -2.24. The number of fused-ring (bicyclic) bond motifs is 2. The fourth-order valence-corrected chi connectivity index (χ4v) is 3.89. The molecule has 1 fully saturated rings. The van der Waals surface area contributed by atoms with Gasteiger partial charge in [-0.2, -0.15) is 0 Å². The van der Waals surface area contributed by atoms with Crippen LogP contribution in [0.4, 0.5) is 0 Å². The van der Waals surface area contributed by atoms with Crippen molar-refractivity contribution in [3.63, 3.8) is 0 Å². The molecule has 120 valence electrons. The van der Waals surface area contributed by atoms with Crippen LogP contribution in [0.3, 0.4) is 0 Å². The van der Waals surface area contributed by atoms with Gasteiger partial charge >= 0.3 is 0 Å². The SMILES string of the molecule is C=C1NCc2cc(-c3c[nH]c4nc(CC5CCC5)ccc34)ccc21. The molecule has 0 spiro atoms. The Labute approximate surface area is 141 Å². The fraction of sp³-hybridized carbons (Fsp3) is 0.286. The molecule has 0 bridgehead atoms. The van der Waals surface area contributed by atoms with Gasteiger partial charge in [0.15, 0.2) is 0 Å². The normalized spacial score (nSPS) is 16.9. The van der Waals surface area contributed by atoms with E-state index in [1.807, 2.05) is 0 Å². The number of pyridine rings is 1. The lowest BCUT2D eigenvalue weighted by molar-refractivity contribution is 0.312. The molecule has 1 aliphatic carbocycles. The Morgan fingerprint density at radius 2 is 2.04 bits per heavy atom. The molecular weight excluding hydrogens is 294 g/mol. The minimum absolute atomic E-state index is 0.849. The minimum atomic E-state index is 0.849. The standard InChI is InChI=1S/C21H21N3/c1-13-18-7-5-15(10-16(18)11-22-13)20-12-23-21-19(20)8-6-17(24-21)9-14-3-2-4-14/h5-8,10,12,14,22H,1-4,9,11H2,(H,23,24). The Morgan fingerprint density at radius 1 is 1.12 bits per heavy atom. The summed E-state index contributed by atoms with van der Waals surface area (Å²) >= 11 is 0. The first-order chi connectivity index (χ1) is 11.8. The van der Waals surface area contributed by atoms with Crippen LogP contribution in [0.1, 0.15) is 36.1 Å². The molecule has 0 unspecified atom stereocenters. The fourth-order valence-electron chi connectivity index (χ4n) is 3.89. The molecule has 2 N–H and O–H groups in total. The van der Waals surface area contributed by atoms with Crippen molar-refractivity contribution in [2.45, 2.75) is 32.2 Å². The van der Waals surface area contributed by atoms with Crippen molar-refractivity contribution in [3.05, 3.63) is 59.9 Å². The zero-order chi connectivity index (χ0) is 16.1. The lowest BCUT2D eigenvalue weighted by atomic mass is 9.82. The topological polar surface area (TPSA) is 40.7 Å². The summed E-state index contributed by atoms with van der Waals surface area (Å²) in [5.41, 5.74) is 8.27. The lowest BCUT2D eigenvalue weighted by Crippen LogP contribution is -2.14. The zero-order valence-corrected chi connectivity index (χ0v) is 13.7. The van der Waals surface area contributed by atoms with Gasteiger partial charge < -0.3 is 10.3 Å². The Morgan fingerprint density at radius 3 is 2.88 bits per heavy atom. The second-order valence-electron chi connectivity index (χ2n) is 7.11. The summed E-state index contributed by atoms with van der Waals surface area (Å²) in [4.78, 5) is 8.21. The van der Waals surface area contributed by atoms with Gasteiger partial charge in [0.25, 0.3) is 0 Å². The van der Waals surface area contributed by atoms with E-state index < -0.39 is 0 Å². The zero-order valence-electron chi connectivity index (χ0n) is 13.7. The van der Waals surface area contributed by atoms with Gasteiger partial charge in [-0.15, -0.1) is 0 Å². The monoisotopic (exact) mass is 315 g/mol. The molecule has 2 aromatic heterocycles. The highest BCUT2D eigenvalue weighted by atomic mass is 14.9. The van der Waals surface area contributed by atoms with Crippen LogP contribution in [0.2, 0.25) is 0 Å². The first-order valence-electron chi connectivity index (χ1n) is 8.81. The van der Waals surface area contributed by atoms with Gasteiger partial charge in [0, 0.05) is 40.6 Å². The smallest absolute Gasteiger partial charge is 0.138 e. The van der Waals surface area contributed by atoms with Crippen molar-refractivity contribution < 1.29 is 0 Å². The molecule has 1 aliphatic heterocycles. The summed E-state index contributed by atoms with van der Waals surface area (Å²) in [6.45, 7) is 4.92. The highest BCUT2D eigenvalue weighted by Gasteiger charge is 2.19. The summed E-state index contributed by atoms with van der Waals surface area (Å²) in [5, 5.41) is 4.52. The van der Waals surface area contributed by atoms with E-state index in [4.69, 9.17) is 4.98 Å². The predicted molar refractivity (Wildman–Crippen MR) is 98.4 cm³/mol. The third-order valence-corrected chi connectivity index (χ3v) is 5.55. The van der Waals surface area contributed by atoms with Crippen LogP contribution in [0.5, 0.6) is 0 Å². The van der Waals surface area contributed by atoms with Crippen molar-refractivity contribution in [2.75, 3.05) is 0 Å². The number of benzene rings is 1. The Hall–Kier alpha value is -2.55. The van der Waals surface area contributed by atoms with Crippen molar-refractivity contribution in [3.8, 4) is 11.1 Å². The van der Waals surface area contributed by atoms with E-state index in [9.17, 15) is 0 Å². The molecule has 2 aliphatic rings. The Kier molecular flexibility index (Phi) is 3.02. The van der Waals surface area contributed by atoms with E-state index in [1.54, 1.807) is 0 Å². The van der Waals surface area contributed by atoms with Crippen molar-refractivity contribution in [1.29, 1.82) is 0 Å². The second kappa shape index (κ2) is 5.23. The molecule has 3 heterocycles. The van der Waals surface area contributed by atoms with Crippen LogP contribution in [0.15, 0.2) is 43.1 Å². The molecule has 5 rings (SSSR count). The second-order valence-corrected chi connectivity index (χ2v) is 7.11.